The van der Waals surface area contributed by atoms with E-state index in [0.717, 1.165) is 6.07 Å². The second-order valence-corrected chi connectivity index (χ2v) is 5.06. The fourth-order valence-corrected chi connectivity index (χ4v) is 2.33. The smallest absolute Gasteiger partial charge is 0.339 e. The average molecular weight is 275 g/mol. The Bertz CT molecular complexity index is 539. The highest BCUT2D eigenvalue weighted by molar-refractivity contribution is 7.89. The lowest BCUT2D eigenvalue weighted by atomic mass is 10.2. The molecule has 0 unspecified atom stereocenters. The molecule has 0 aliphatic carbocycles. The zero-order valence-electron chi connectivity index (χ0n) is 9.58. The molecule has 8 heteroatoms. The van der Waals surface area contributed by atoms with Gasteiger partial charge in [0.25, 0.3) is 0 Å². The first-order chi connectivity index (χ1) is 8.42. The summed E-state index contributed by atoms with van der Waals surface area (Å²) in [5.74, 6) is -1.21. The van der Waals surface area contributed by atoms with Crippen LogP contribution in [0.5, 0.6) is 5.75 Å². The topological polar surface area (TPSA) is 113 Å². The molecule has 1 aromatic rings. The Morgan fingerprint density at radius 2 is 2.11 bits per heavy atom. The van der Waals surface area contributed by atoms with Crippen molar-refractivity contribution in [3.05, 3.63) is 23.8 Å². The Labute approximate surface area is 104 Å². The van der Waals surface area contributed by atoms with Crippen molar-refractivity contribution in [1.82, 2.24) is 4.72 Å². The Kier molecular flexibility index (Phi) is 4.65. The van der Waals surface area contributed by atoms with Crippen LogP contribution in [0.3, 0.4) is 0 Å². The number of aromatic carboxylic acids is 1. The van der Waals surface area contributed by atoms with Crippen LogP contribution in [-0.4, -0.2) is 44.9 Å². The first kappa shape index (κ1) is 14.4. The van der Waals surface area contributed by atoms with Gasteiger partial charge < -0.3 is 14.9 Å². The number of aliphatic hydroxyl groups excluding tert-OH is 1. The predicted molar refractivity (Wildman–Crippen MR) is 62.2 cm³/mol. The SMILES string of the molecule is COc1ccc(S(=O)(=O)NCCO)cc1C(=O)O. The largest absolute Gasteiger partial charge is 0.496 e. The summed E-state index contributed by atoms with van der Waals surface area (Å²) in [5, 5.41) is 17.5. The van der Waals surface area contributed by atoms with Crippen LogP contribution in [0.15, 0.2) is 23.1 Å². The van der Waals surface area contributed by atoms with E-state index in [1.165, 1.54) is 19.2 Å². The van der Waals surface area contributed by atoms with Crippen molar-refractivity contribution in [2.45, 2.75) is 4.90 Å². The van der Waals surface area contributed by atoms with Crippen LogP contribution in [0, 0.1) is 0 Å². The molecule has 0 amide bonds. The van der Waals surface area contributed by atoms with Gasteiger partial charge in [-0.1, -0.05) is 0 Å². The van der Waals surface area contributed by atoms with Crippen LogP contribution in [-0.2, 0) is 10.0 Å². The molecule has 0 saturated heterocycles. The van der Waals surface area contributed by atoms with Crippen molar-refractivity contribution < 1.29 is 28.2 Å². The van der Waals surface area contributed by atoms with E-state index in [4.69, 9.17) is 14.9 Å². The summed E-state index contributed by atoms with van der Waals surface area (Å²) < 4.78 is 30.4. The Morgan fingerprint density at radius 3 is 2.61 bits per heavy atom. The highest BCUT2D eigenvalue weighted by Gasteiger charge is 2.18. The molecule has 1 aromatic carbocycles. The van der Waals surface area contributed by atoms with Gasteiger partial charge >= 0.3 is 5.97 Å². The lowest BCUT2D eigenvalue weighted by molar-refractivity contribution is 0.0693. The third-order valence-electron chi connectivity index (χ3n) is 2.12. The maximum absolute atomic E-state index is 11.7. The molecule has 0 spiro atoms. The van der Waals surface area contributed by atoms with Crippen molar-refractivity contribution in [3.63, 3.8) is 0 Å². The molecule has 0 aliphatic rings. The maximum Gasteiger partial charge on any atom is 0.339 e. The molecule has 0 saturated carbocycles. The van der Waals surface area contributed by atoms with Crippen LogP contribution in [0.2, 0.25) is 0 Å². The first-order valence-electron chi connectivity index (χ1n) is 4.94. The molecule has 0 heterocycles. The number of nitrogens with one attached hydrogen (secondary N) is 1. The van der Waals surface area contributed by atoms with Gasteiger partial charge in [0, 0.05) is 6.54 Å². The Morgan fingerprint density at radius 1 is 1.44 bits per heavy atom. The molecule has 0 aliphatic heterocycles. The summed E-state index contributed by atoms with van der Waals surface area (Å²) in [4.78, 5) is 10.7. The van der Waals surface area contributed by atoms with Gasteiger partial charge in [0.1, 0.15) is 11.3 Å². The summed E-state index contributed by atoms with van der Waals surface area (Å²) in [6.07, 6.45) is 0. The van der Waals surface area contributed by atoms with Gasteiger partial charge in [0.2, 0.25) is 10.0 Å². The fourth-order valence-electron chi connectivity index (χ4n) is 1.28. The van der Waals surface area contributed by atoms with E-state index in [1.54, 1.807) is 0 Å². The van der Waals surface area contributed by atoms with Gasteiger partial charge in [0.15, 0.2) is 0 Å². The summed E-state index contributed by atoms with van der Waals surface area (Å²) in [7, 11) is -2.54. The molecular formula is C10H13NO6S. The number of sulfonamides is 1. The number of ether oxygens (including phenoxy) is 1. The number of carboxylic acid groups (broad SMARTS) is 1. The predicted octanol–water partition coefficient (Wildman–Crippen LogP) is -0.336. The summed E-state index contributed by atoms with van der Waals surface area (Å²) in [5.41, 5.74) is -0.246. The Hall–Kier alpha value is -1.64. The Balaban J connectivity index is 3.20. The van der Waals surface area contributed by atoms with Crippen LogP contribution in [0.25, 0.3) is 0 Å². The molecule has 0 atom stereocenters. The fraction of sp³-hybridized carbons (Fsp3) is 0.300. The molecule has 0 bridgehead atoms. The number of methoxy groups -OCH3 is 1. The van der Waals surface area contributed by atoms with Crippen LogP contribution in [0.4, 0.5) is 0 Å². The van der Waals surface area contributed by atoms with E-state index in [9.17, 15) is 13.2 Å². The number of carbonyl (C=O) groups is 1. The van der Waals surface area contributed by atoms with Crippen molar-refractivity contribution in [2.24, 2.45) is 0 Å². The van der Waals surface area contributed by atoms with E-state index < -0.39 is 16.0 Å². The minimum atomic E-state index is -3.83. The second-order valence-electron chi connectivity index (χ2n) is 3.29. The van der Waals surface area contributed by atoms with Gasteiger partial charge in [-0.3, -0.25) is 0 Å². The number of carboxylic acids is 1. The number of rotatable bonds is 6. The molecule has 18 heavy (non-hydrogen) atoms. The van der Waals surface area contributed by atoms with E-state index in [-0.39, 0.29) is 29.4 Å². The quantitative estimate of drug-likeness (QED) is 0.655. The normalized spacial score (nSPS) is 11.2. The van der Waals surface area contributed by atoms with Crippen LogP contribution in [0.1, 0.15) is 10.4 Å². The molecule has 7 nitrogen and oxygen atoms in total. The number of benzene rings is 1. The third kappa shape index (κ3) is 3.19. The van der Waals surface area contributed by atoms with Crippen molar-refractivity contribution >= 4 is 16.0 Å². The minimum Gasteiger partial charge on any atom is -0.496 e. The number of hydrogen-bond donors (Lipinski definition) is 3. The lowest BCUT2D eigenvalue weighted by Crippen LogP contribution is -2.26. The van der Waals surface area contributed by atoms with Gasteiger partial charge in [-0.2, -0.15) is 0 Å². The highest BCUT2D eigenvalue weighted by atomic mass is 32.2. The molecule has 100 valence electrons. The van der Waals surface area contributed by atoms with Crippen molar-refractivity contribution in [3.8, 4) is 5.75 Å². The molecule has 1 rings (SSSR count). The van der Waals surface area contributed by atoms with E-state index >= 15 is 0 Å². The first-order valence-corrected chi connectivity index (χ1v) is 6.42. The van der Waals surface area contributed by atoms with Gasteiger partial charge in [-0.25, -0.2) is 17.9 Å². The minimum absolute atomic E-state index is 0.0728. The van der Waals surface area contributed by atoms with E-state index in [0.29, 0.717) is 0 Å². The van der Waals surface area contributed by atoms with Gasteiger partial charge in [-0.05, 0) is 18.2 Å². The standard InChI is InChI=1S/C10H13NO6S/c1-17-9-3-2-7(6-8(9)10(13)14)18(15,16)11-4-5-12/h2-3,6,11-12H,4-5H2,1H3,(H,13,14). The molecule has 3 N–H and O–H groups in total. The van der Waals surface area contributed by atoms with Crippen LogP contribution < -0.4 is 9.46 Å². The molecule has 0 radical (unpaired) electrons. The average Bonchev–Trinajstić information content (AvgIpc) is 2.35. The summed E-state index contributed by atoms with van der Waals surface area (Å²) in [6, 6.07) is 3.49. The second kappa shape index (κ2) is 5.80. The lowest BCUT2D eigenvalue weighted by Gasteiger charge is -2.09. The monoisotopic (exact) mass is 275 g/mol. The number of hydrogen-bond acceptors (Lipinski definition) is 5. The van der Waals surface area contributed by atoms with Gasteiger partial charge in [0.05, 0.1) is 18.6 Å². The zero-order valence-corrected chi connectivity index (χ0v) is 10.4. The van der Waals surface area contributed by atoms with Crippen LogP contribution >= 0.6 is 0 Å². The zero-order chi connectivity index (χ0) is 13.8. The molecule has 0 fully saturated rings. The molecule has 0 aromatic heterocycles. The number of aliphatic hydroxyl groups is 1. The molecular weight excluding hydrogens is 262 g/mol. The van der Waals surface area contributed by atoms with Crippen molar-refractivity contribution in [2.75, 3.05) is 20.3 Å². The summed E-state index contributed by atoms with van der Waals surface area (Å²) in [6.45, 7) is -0.488. The maximum atomic E-state index is 11.7. The van der Waals surface area contributed by atoms with Gasteiger partial charge in [-0.15, -0.1) is 0 Å². The summed E-state index contributed by atoms with van der Waals surface area (Å²) >= 11 is 0. The highest BCUT2D eigenvalue weighted by Crippen LogP contribution is 2.22. The van der Waals surface area contributed by atoms with Crippen molar-refractivity contribution in [1.29, 1.82) is 0 Å². The van der Waals surface area contributed by atoms with E-state index in [1.807, 2.05) is 0 Å². The third-order valence-corrected chi connectivity index (χ3v) is 3.57. The van der Waals surface area contributed by atoms with E-state index in [2.05, 4.69) is 4.72 Å².